The fraction of sp³-hybridized carbons (Fsp3) is 1.00. The van der Waals surface area contributed by atoms with E-state index in [4.69, 9.17) is 0 Å². The first kappa shape index (κ1) is 56.9. The average molecular weight is 1020 g/mol. The van der Waals surface area contributed by atoms with Crippen LogP contribution in [0.25, 0.3) is 0 Å². The molecule has 0 aromatic heterocycles. The van der Waals surface area contributed by atoms with Crippen LogP contribution in [0.15, 0.2) is 0 Å². The normalized spacial score (nSPS) is 23.2. The quantitative estimate of drug-likeness (QED) is 0.0640. The van der Waals surface area contributed by atoms with E-state index in [-0.39, 0.29) is 0 Å². The first-order valence-corrected chi connectivity index (χ1v) is 29.1. The summed E-state index contributed by atoms with van der Waals surface area (Å²) in [6, 6.07) is 0. The molecule has 348 valence electrons. The zero-order chi connectivity index (χ0) is 46.0. The predicted octanol–water partition coefficient (Wildman–Crippen LogP) is -6.01. The van der Waals surface area contributed by atoms with Gasteiger partial charge in [-0.25, -0.2) is 0 Å². The van der Waals surface area contributed by atoms with E-state index in [9.17, 15) is 135 Å². The second-order valence-electron chi connectivity index (χ2n) is 12.9. The molecule has 1 rings (SSSR count). The molecule has 0 saturated carbocycles. The number of hydrogen-bond donors (Lipinski definition) is 20. The second kappa shape index (κ2) is 20.8. The van der Waals surface area contributed by atoms with Crippen LogP contribution in [-0.2, 0) is 36.5 Å². The Morgan fingerprint density at radius 1 is 0.259 bits per heavy atom. The second-order valence-corrected chi connectivity index (χ2v) is 26.5. The van der Waals surface area contributed by atoms with Gasteiger partial charge in [-0.15, -0.1) is 0 Å². The van der Waals surface area contributed by atoms with E-state index in [0.29, 0.717) is 19.6 Å². The number of aliphatic hydroxyl groups excluding tert-OH is 4. The first-order chi connectivity index (χ1) is 25.6. The van der Waals surface area contributed by atoms with Gasteiger partial charge in [-0.2, -0.15) is 0 Å². The highest BCUT2D eigenvalue weighted by Crippen LogP contribution is 2.58. The largest absolute Gasteiger partial charge is 0.379 e. The molecule has 8 atom stereocenters. The molecule has 1 aliphatic rings. The highest BCUT2D eigenvalue weighted by atomic mass is 31.2. The molecule has 1 saturated heterocycles. The molecule has 20 N–H and O–H groups in total. The third-order valence-electron chi connectivity index (χ3n) is 8.45. The Bertz CT molecular complexity index is 1510. The summed E-state index contributed by atoms with van der Waals surface area (Å²) in [5.41, 5.74) is 0. The fourth-order valence-corrected chi connectivity index (χ4v) is 16.3. The Labute approximate surface area is 327 Å². The molecule has 0 radical (unpaired) electrons. The number of nitrogens with zero attached hydrogens (tertiary/aromatic N) is 4. The molecule has 32 nitrogen and oxygen atoms in total. The molecule has 1 fully saturated rings. The summed E-state index contributed by atoms with van der Waals surface area (Å²) in [4.78, 5) is 159. The molecule has 1 aliphatic heterocycles. The third kappa shape index (κ3) is 16.8. The van der Waals surface area contributed by atoms with Gasteiger partial charge in [-0.1, -0.05) is 0 Å². The van der Waals surface area contributed by atoms with Crippen LogP contribution in [0.1, 0.15) is 12.8 Å². The van der Waals surface area contributed by atoms with E-state index >= 15 is 0 Å². The monoisotopic (exact) mass is 1020 g/mol. The van der Waals surface area contributed by atoms with Gasteiger partial charge in [-0.05, 0) is 12.8 Å². The molecule has 8 unspecified atom stereocenters. The summed E-state index contributed by atoms with van der Waals surface area (Å²) in [7, 11) is -47.6. The molecule has 0 aromatic carbocycles. The van der Waals surface area contributed by atoms with Crippen molar-refractivity contribution in [1.82, 2.24) is 19.6 Å². The van der Waals surface area contributed by atoms with Crippen LogP contribution in [-0.4, -0.2) is 217 Å². The van der Waals surface area contributed by atoms with Crippen molar-refractivity contribution in [1.29, 1.82) is 0 Å². The summed E-state index contributed by atoms with van der Waals surface area (Å²) in [5, 5.41) is 41.6. The minimum Gasteiger partial charge on any atom is -0.379 e. The summed E-state index contributed by atoms with van der Waals surface area (Å²) in [5.74, 6) is -25.0. The van der Waals surface area contributed by atoms with Crippen LogP contribution in [0, 0.1) is 0 Å². The van der Waals surface area contributed by atoms with Gasteiger partial charge in [-0.3, -0.25) is 56.1 Å². The summed E-state index contributed by atoms with van der Waals surface area (Å²) < 4.78 is 98.6. The maximum absolute atomic E-state index is 12.6. The van der Waals surface area contributed by atoms with Gasteiger partial charge in [0, 0.05) is 52.4 Å². The van der Waals surface area contributed by atoms with E-state index in [1.54, 1.807) is 0 Å². The van der Waals surface area contributed by atoms with Crippen molar-refractivity contribution in [2.24, 2.45) is 0 Å². The number of rotatable bonds is 16. The predicted molar refractivity (Wildman–Crippen MR) is 191 cm³/mol. The lowest BCUT2D eigenvalue weighted by Gasteiger charge is -2.41. The van der Waals surface area contributed by atoms with E-state index in [2.05, 4.69) is 0 Å². The van der Waals surface area contributed by atoms with Gasteiger partial charge in [0.25, 0.3) is 0 Å². The highest BCUT2D eigenvalue weighted by Gasteiger charge is 2.53. The molecule has 0 bridgehead atoms. The average Bonchev–Trinajstić information content (AvgIpc) is 2.96. The minimum atomic E-state index is -5.98. The van der Waals surface area contributed by atoms with Crippen molar-refractivity contribution in [3.8, 4) is 0 Å². The number of aliphatic hydroxyl groups is 4. The minimum absolute atomic E-state index is 0.334. The van der Waals surface area contributed by atoms with Crippen LogP contribution in [0.5, 0.6) is 0 Å². The van der Waals surface area contributed by atoms with Crippen molar-refractivity contribution in [2.75, 3.05) is 52.4 Å². The molecule has 0 aliphatic carbocycles. The lowest BCUT2D eigenvalue weighted by atomic mass is 10.2. The van der Waals surface area contributed by atoms with Crippen LogP contribution in [0.4, 0.5) is 0 Å². The van der Waals surface area contributed by atoms with E-state index < -0.39 is 172 Å². The van der Waals surface area contributed by atoms with E-state index in [1.165, 1.54) is 0 Å². The maximum Gasteiger partial charge on any atom is 0.356 e. The van der Waals surface area contributed by atoms with Gasteiger partial charge in [0.15, 0.2) is 46.5 Å². The Morgan fingerprint density at radius 2 is 0.397 bits per heavy atom. The zero-order valence-corrected chi connectivity index (χ0v) is 36.4. The molecule has 1 heterocycles. The number of hydrogen-bond acceptors (Lipinski definition) is 16. The molecule has 58 heavy (non-hydrogen) atoms. The van der Waals surface area contributed by atoms with Gasteiger partial charge in [0.05, 0.1) is 0 Å². The summed E-state index contributed by atoms with van der Waals surface area (Å²) in [6.07, 6.45) is -1.73. The summed E-state index contributed by atoms with van der Waals surface area (Å²) >= 11 is 0. The standard InChI is InChI=1S/C18H48N4O28P8/c23-15(55(39,40)41)11(51(27,28)29)19-3-1-4-20(12(52(30,31)32)16(24)56(42,43)44)8-10-22(14(54(36,37)38)18(26)58(48,49)50)6-2-5-21(9-7-19)13(53(33,34)35)17(25)57(45,46)47/h11-18,23-26H,1-10H2,(H2,27,28,29)(H2,30,31,32)(H2,33,34,35)(H2,36,37,38)(H2,39,40,41)(H2,42,43,44)(H2,45,46,47)(H2,48,49,50). The SMILES string of the molecule is O=P(O)(O)C(O)C(N1CCCN(C(C(O)P(=O)(O)O)P(=O)(O)O)CCN(C(C(O)P(=O)(O)O)P(=O)(O)O)CCCN(C(C(O)P(=O)(O)O)P(=O)(O)O)CC1)P(=O)(O)O. The Hall–Kier alpha value is 0.880. The van der Waals surface area contributed by atoms with Crippen molar-refractivity contribution in [3.05, 3.63) is 0 Å². The Kier molecular flexibility index (Phi) is 20.4. The van der Waals surface area contributed by atoms with Gasteiger partial charge in [0.2, 0.25) is 0 Å². The van der Waals surface area contributed by atoms with Gasteiger partial charge < -0.3 is 98.7 Å². The lowest BCUT2D eigenvalue weighted by Crippen LogP contribution is -2.53. The third-order valence-corrected chi connectivity index (χ3v) is 18.5. The van der Waals surface area contributed by atoms with Crippen molar-refractivity contribution in [3.63, 3.8) is 0 Å². The Balaban J connectivity index is 4.23. The zero-order valence-electron chi connectivity index (χ0n) is 29.3. The van der Waals surface area contributed by atoms with Crippen LogP contribution in [0.2, 0.25) is 0 Å². The molecular weight excluding hydrogens is 968 g/mol. The van der Waals surface area contributed by atoms with Crippen molar-refractivity contribution in [2.45, 2.75) is 59.4 Å². The molecule has 0 aromatic rings. The molecule has 40 heteroatoms. The fourth-order valence-electron chi connectivity index (χ4n) is 5.97. The molecule has 0 spiro atoms. The van der Waals surface area contributed by atoms with Crippen LogP contribution in [0.3, 0.4) is 0 Å². The first-order valence-electron chi connectivity index (χ1n) is 15.7. The van der Waals surface area contributed by atoms with Crippen LogP contribution >= 0.6 is 60.8 Å². The van der Waals surface area contributed by atoms with Gasteiger partial charge in [0.1, 0.15) is 0 Å². The Morgan fingerprint density at radius 3 is 0.500 bits per heavy atom. The van der Waals surface area contributed by atoms with Crippen molar-refractivity contribution < 1.29 is 135 Å². The maximum atomic E-state index is 12.6. The lowest BCUT2D eigenvalue weighted by molar-refractivity contribution is 0.0511. The highest BCUT2D eigenvalue weighted by molar-refractivity contribution is 7.58. The molecule has 0 amide bonds. The van der Waals surface area contributed by atoms with Crippen molar-refractivity contribution >= 4 is 60.8 Å². The van der Waals surface area contributed by atoms with Gasteiger partial charge >= 0.3 is 60.8 Å². The van der Waals surface area contributed by atoms with Crippen LogP contribution < -0.4 is 0 Å². The summed E-state index contributed by atoms with van der Waals surface area (Å²) in [6.45, 7) is -8.89. The molecular formula is C18H48N4O28P8. The topological polar surface area (TPSA) is 554 Å². The van der Waals surface area contributed by atoms with E-state index in [1.807, 2.05) is 0 Å². The van der Waals surface area contributed by atoms with E-state index in [0.717, 1.165) is 0 Å². The smallest absolute Gasteiger partial charge is 0.356 e.